The molecule has 0 aromatic rings. The molecule has 0 amide bonds. The molecule has 4 nitrogen and oxygen atoms in total. The van der Waals surface area contributed by atoms with Gasteiger partial charge in [0.1, 0.15) is 6.29 Å². The summed E-state index contributed by atoms with van der Waals surface area (Å²) in [6.07, 6.45) is 8.21. The van der Waals surface area contributed by atoms with Gasteiger partial charge in [0.05, 0.1) is 19.3 Å². The number of aldehydes is 1. The maximum atomic E-state index is 11.3. The van der Waals surface area contributed by atoms with E-state index in [0.29, 0.717) is 25.6 Å². The predicted octanol–water partition coefficient (Wildman–Crippen LogP) is 5.71. The van der Waals surface area contributed by atoms with E-state index < -0.39 is 14.1 Å². The Labute approximate surface area is 173 Å². The number of carbonyl (C=O) groups excluding carboxylic acids is 1. The topological polar surface area (TPSA) is 44.8 Å². The summed E-state index contributed by atoms with van der Waals surface area (Å²) in [5.74, 6) is 0.0237. The third kappa shape index (κ3) is 3.44. The van der Waals surface area contributed by atoms with Gasteiger partial charge in [0.15, 0.2) is 14.1 Å². The van der Waals surface area contributed by atoms with Gasteiger partial charge < -0.3 is 18.7 Å². The molecular weight excluding hydrogens is 368 g/mol. The lowest BCUT2D eigenvalue weighted by Crippen LogP contribution is -2.64. The maximum Gasteiger partial charge on any atom is 0.192 e. The van der Waals surface area contributed by atoms with Crippen LogP contribution in [-0.4, -0.2) is 39.7 Å². The minimum absolute atomic E-state index is 0.00727. The Morgan fingerprint density at radius 3 is 2.32 bits per heavy atom. The van der Waals surface area contributed by atoms with Gasteiger partial charge in [-0.1, -0.05) is 34.6 Å². The van der Waals surface area contributed by atoms with Crippen molar-refractivity contribution >= 4 is 14.6 Å². The molecule has 0 aromatic carbocycles. The zero-order valence-electron chi connectivity index (χ0n) is 19.2. The van der Waals surface area contributed by atoms with Gasteiger partial charge in [-0.3, -0.25) is 0 Å². The minimum Gasteiger partial charge on any atom is -0.413 e. The van der Waals surface area contributed by atoms with Crippen molar-refractivity contribution in [2.24, 2.45) is 16.7 Å². The first-order valence-corrected chi connectivity index (χ1v) is 14.2. The van der Waals surface area contributed by atoms with Crippen LogP contribution in [0.15, 0.2) is 0 Å². The van der Waals surface area contributed by atoms with Crippen LogP contribution in [0.25, 0.3) is 0 Å². The Kier molecular flexibility index (Phi) is 5.99. The van der Waals surface area contributed by atoms with E-state index >= 15 is 0 Å². The van der Waals surface area contributed by atoms with Gasteiger partial charge >= 0.3 is 0 Å². The minimum atomic E-state index is -1.89. The standard InChI is InChI=1S/C23H42O4Si/c1-20(2,3)28(6,7)27-19-11-14-22(5)18(21(19,4)12-9-15-24)10-8-13-23(22)25-16-17-26-23/h15,18-19H,8-14,16-17H2,1-7H3/t18-,19-,21-,22-/m0/s1. The van der Waals surface area contributed by atoms with Crippen molar-refractivity contribution in [3.8, 4) is 0 Å². The zero-order chi connectivity index (χ0) is 20.8. The van der Waals surface area contributed by atoms with Gasteiger partial charge in [-0.15, -0.1) is 0 Å². The third-order valence-corrected chi connectivity index (χ3v) is 13.4. The Morgan fingerprint density at radius 1 is 1.11 bits per heavy atom. The molecule has 1 spiro atoms. The highest BCUT2D eigenvalue weighted by Gasteiger charge is 2.66. The summed E-state index contributed by atoms with van der Waals surface area (Å²) in [5, 5.41) is 0.185. The summed E-state index contributed by atoms with van der Waals surface area (Å²) >= 11 is 0. The van der Waals surface area contributed by atoms with Crippen LogP contribution in [0.1, 0.15) is 79.6 Å². The molecule has 162 valence electrons. The second-order valence-corrected chi connectivity index (χ2v) is 16.2. The van der Waals surface area contributed by atoms with Gasteiger partial charge in [0, 0.05) is 18.3 Å². The average molecular weight is 411 g/mol. The van der Waals surface area contributed by atoms with Gasteiger partial charge in [-0.25, -0.2) is 0 Å². The van der Waals surface area contributed by atoms with E-state index in [1.54, 1.807) is 0 Å². The van der Waals surface area contributed by atoms with Crippen molar-refractivity contribution in [1.82, 2.24) is 0 Å². The summed E-state index contributed by atoms with van der Waals surface area (Å²) in [7, 11) is -1.89. The third-order valence-electron chi connectivity index (χ3n) is 8.89. The first kappa shape index (κ1) is 22.5. The molecule has 3 rings (SSSR count). The van der Waals surface area contributed by atoms with E-state index in [2.05, 4.69) is 47.7 Å². The van der Waals surface area contributed by atoms with Crippen LogP contribution in [0.5, 0.6) is 0 Å². The molecule has 0 bridgehead atoms. The quantitative estimate of drug-likeness (QED) is 0.430. The van der Waals surface area contributed by atoms with Crippen LogP contribution in [-0.2, 0) is 18.7 Å². The first-order valence-electron chi connectivity index (χ1n) is 11.3. The molecular formula is C23H42O4Si. The van der Waals surface area contributed by atoms with Crippen LogP contribution in [0, 0.1) is 16.7 Å². The highest BCUT2D eigenvalue weighted by Crippen LogP contribution is 2.65. The van der Waals surface area contributed by atoms with Crippen molar-refractivity contribution in [2.45, 2.75) is 110 Å². The van der Waals surface area contributed by atoms with Crippen molar-refractivity contribution in [1.29, 1.82) is 0 Å². The van der Waals surface area contributed by atoms with E-state index in [-0.39, 0.29) is 22.0 Å². The Balaban J connectivity index is 1.96. The molecule has 1 saturated heterocycles. The van der Waals surface area contributed by atoms with Crippen LogP contribution in [0.3, 0.4) is 0 Å². The number of rotatable bonds is 5. The largest absolute Gasteiger partial charge is 0.413 e. The molecule has 0 unspecified atom stereocenters. The normalized spacial score (nSPS) is 38.4. The molecule has 2 saturated carbocycles. The fourth-order valence-electron chi connectivity index (χ4n) is 6.18. The molecule has 1 aliphatic heterocycles. The zero-order valence-corrected chi connectivity index (χ0v) is 20.2. The van der Waals surface area contributed by atoms with E-state index in [1.807, 2.05) is 0 Å². The first-order chi connectivity index (χ1) is 12.9. The lowest BCUT2D eigenvalue weighted by molar-refractivity contribution is -0.301. The van der Waals surface area contributed by atoms with E-state index in [1.165, 1.54) is 6.42 Å². The monoisotopic (exact) mass is 410 g/mol. The molecule has 3 fully saturated rings. The van der Waals surface area contributed by atoms with E-state index in [4.69, 9.17) is 13.9 Å². The molecule has 0 aromatic heterocycles. The average Bonchev–Trinajstić information content (AvgIpc) is 3.07. The van der Waals surface area contributed by atoms with Crippen LogP contribution < -0.4 is 0 Å². The number of hydrogen-bond acceptors (Lipinski definition) is 4. The predicted molar refractivity (Wildman–Crippen MR) is 115 cm³/mol. The second-order valence-electron chi connectivity index (χ2n) is 11.4. The van der Waals surface area contributed by atoms with Crippen LogP contribution in [0.2, 0.25) is 18.1 Å². The summed E-state index contributed by atoms with van der Waals surface area (Å²) in [4.78, 5) is 11.3. The summed E-state index contributed by atoms with van der Waals surface area (Å²) in [6, 6.07) is 0. The highest BCUT2D eigenvalue weighted by atomic mass is 28.4. The van der Waals surface area contributed by atoms with Gasteiger partial charge in [0.2, 0.25) is 0 Å². The van der Waals surface area contributed by atoms with Gasteiger partial charge in [0.25, 0.3) is 0 Å². The highest BCUT2D eigenvalue weighted by molar-refractivity contribution is 6.74. The van der Waals surface area contributed by atoms with Crippen molar-refractivity contribution in [3.63, 3.8) is 0 Å². The SMILES string of the molecule is CC(C)(C)[Si](C)(C)O[C@H]1CC[C@@]2(C)[C@@H](CCCC23OCCO3)[C@]1(C)CCC=O. The van der Waals surface area contributed by atoms with Gasteiger partial charge in [-0.2, -0.15) is 0 Å². The fourth-order valence-corrected chi connectivity index (χ4v) is 7.63. The van der Waals surface area contributed by atoms with E-state index in [0.717, 1.165) is 38.4 Å². The summed E-state index contributed by atoms with van der Waals surface area (Å²) < 4.78 is 19.7. The van der Waals surface area contributed by atoms with Crippen LogP contribution >= 0.6 is 0 Å². The maximum absolute atomic E-state index is 11.3. The lowest BCUT2D eigenvalue weighted by Gasteiger charge is -2.63. The Hall–Kier alpha value is -0.233. The molecule has 1 heterocycles. The molecule has 2 aliphatic carbocycles. The Bertz CT molecular complexity index is 578. The van der Waals surface area contributed by atoms with Crippen molar-refractivity contribution in [3.05, 3.63) is 0 Å². The van der Waals surface area contributed by atoms with Crippen molar-refractivity contribution < 1.29 is 18.7 Å². The number of hydrogen-bond donors (Lipinski definition) is 0. The molecule has 4 atom stereocenters. The van der Waals surface area contributed by atoms with Gasteiger partial charge in [-0.05, 0) is 61.6 Å². The molecule has 5 heteroatoms. The molecule has 28 heavy (non-hydrogen) atoms. The molecule has 0 N–H and O–H groups in total. The molecule has 0 radical (unpaired) electrons. The van der Waals surface area contributed by atoms with Crippen molar-refractivity contribution in [2.75, 3.05) is 13.2 Å². The second kappa shape index (κ2) is 7.47. The molecule has 3 aliphatic rings. The number of ether oxygens (including phenoxy) is 2. The van der Waals surface area contributed by atoms with Crippen LogP contribution in [0.4, 0.5) is 0 Å². The fraction of sp³-hybridized carbons (Fsp3) is 0.957. The summed E-state index contributed by atoms with van der Waals surface area (Å²) in [6.45, 7) is 17.8. The number of fused-ring (bicyclic) bond motifs is 2. The Morgan fingerprint density at radius 2 is 1.75 bits per heavy atom. The smallest absolute Gasteiger partial charge is 0.192 e. The number of carbonyl (C=O) groups is 1. The lowest BCUT2D eigenvalue weighted by atomic mass is 9.47. The summed E-state index contributed by atoms with van der Waals surface area (Å²) in [5.41, 5.74) is -0.0289. The van der Waals surface area contributed by atoms with E-state index in [9.17, 15) is 4.79 Å².